The second-order valence-corrected chi connectivity index (χ2v) is 6.64. The zero-order valence-corrected chi connectivity index (χ0v) is 11.4. The molecule has 0 atom stereocenters. The first-order valence-corrected chi connectivity index (χ1v) is 7.45. The lowest BCUT2D eigenvalue weighted by atomic mass is 9.89. The molecule has 0 aromatic carbocycles. The first kappa shape index (κ1) is 11.6. The maximum atomic E-state index is 6.58. The van der Waals surface area contributed by atoms with Gasteiger partial charge in [0, 0.05) is 4.88 Å². The van der Waals surface area contributed by atoms with Crippen molar-refractivity contribution in [2.45, 2.75) is 44.1 Å². The van der Waals surface area contributed by atoms with Crippen LogP contribution >= 0.6 is 11.3 Å². The molecule has 3 nitrogen and oxygen atoms in total. The van der Waals surface area contributed by atoms with Gasteiger partial charge in [-0.2, -0.15) is 0 Å². The highest BCUT2D eigenvalue weighted by Gasteiger charge is 2.35. The molecule has 1 aromatic heterocycles. The molecule has 4 heteroatoms. The number of aromatic nitrogens is 1. The number of hydrogen-bond donors (Lipinski definition) is 1. The third kappa shape index (κ3) is 2.14. The summed E-state index contributed by atoms with van der Waals surface area (Å²) in [6.07, 6.45) is 7.13. The van der Waals surface area contributed by atoms with Crippen molar-refractivity contribution in [3.63, 3.8) is 0 Å². The standard InChI is InChI=1S/C13H21N3S/c1-16-8-6-13(14,7-9-16)12-15-10-4-2-3-5-11(10)17-12/h2-9,14H2,1H3. The van der Waals surface area contributed by atoms with E-state index >= 15 is 0 Å². The second kappa shape index (κ2) is 4.34. The Hall–Kier alpha value is -0.450. The van der Waals surface area contributed by atoms with Gasteiger partial charge in [0.15, 0.2) is 0 Å². The van der Waals surface area contributed by atoms with Gasteiger partial charge in [-0.3, -0.25) is 0 Å². The lowest BCUT2D eigenvalue weighted by Gasteiger charge is -2.36. The summed E-state index contributed by atoms with van der Waals surface area (Å²) in [7, 11) is 2.17. The SMILES string of the molecule is CN1CCC(N)(c2nc3c(s2)CCCC3)CC1. The maximum absolute atomic E-state index is 6.58. The third-order valence-electron chi connectivity index (χ3n) is 4.15. The van der Waals surface area contributed by atoms with Crippen LogP contribution in [-0.2, 0) is 18.4 Å². The molecule has 1 aliphatic heterocycles. The normalized spacial score (nSPS) is 24.6. The highest BCUT2D eigenvalue weighted by Crippen LogP contribution is 2.36. The number of likely N-dealkylation sites (tertiary alicyclic amines) is 1. The Labute approximate surface area is 107 Å². The molecule has 0 radical (unpaired) electrons. The van der Waals surface area contributed by atoms with E-state index in [1.807, 2.05) is 11.3 Å². The summed E-state index contributed by atoms with van der Waals surface area (Å²) in [4.78, 5) is 8.72. The molecule has 1 aromatic rings. The highest BCUT2D eigenvalue weighted by atomic mass is 32.1. The van der Waals surface area contributed by atoms with Crippen LogP contribution in [0.3, 0.4) is 0 Å². The van der Waals surface area contributed by atoms with Gasteiger partial charge in [-0.25, -0.2) is 4.98 Å². The molecule has 0 bridgehead atoms. The molecule has 2 aliphatic rings. The van der Waals surface area contributed by atoms with Gasteiger partial charge in [0.2, 0.25) is 0 Å². The quantitative estimate of drug-likeness (QED) is 0.829. The number of fused-ring (bicyclic) bond motifs is 1. The Morgan fingerprint density at radius 3 is 2.65 bits per heavy atom. The van der Waals surface area contributed by atoms with E-state index in [-0.39, 0.29) is 5.54 Å². The number of thiazole rings is 1. The molecule has 0 unspecified atom stereocenters. The summed E-state index contributed by atoms with van der Waals surface area (Å²) >= 11 is 1.89. The van der Waals surface area contributed by atoms with Crippen LogP contribution in [0.2, 0.25) is 0 Å². The number of aryl methyl sites for hydroxylation is 2. The van der Waals surface area contributed by atoms with E-state index in [0.29, 0.717) is 0 Å². The molecule has 17 heavy (non-hydrogen) atoms. The zero-order valence-electron chi connectivity index (χ0n) is 10.5. The number of rotatable bonds is 1. The number of hydrogen-bond acceptors (Lipinski definition) is 4. The summed E-state index contributed by atoms with van der Waals surface area (Å²) < 4.78 is 0. The molecule has 94 valence electrons. The van der Waals surface area contributed by atoms with Gasteiger partial charge in [-0.15, -0.1) is 11.3 Å². The van der Waals surface area contributed by atoms with Gasteiger partial charge in [0.05, 0.1) is 11.2 Å². The van der Waals surface area contributed by atoms with Crippen molar-refractivity contribution in [2.75, 3.05) is 20.1 Å². The van der Waals surface area contributed by atoms with Gasteiger partial charge in [-0.1, -0.05) is 0 Å². The average Bonchev–Trinajstić information content (AvgIpc) is 2.77. The van der Waals surface area contributed by atoms with Crippen molar-refractivity contribution < 1.29 is 0 Å². The fourth-order valence-electron chi connectivity index (χ4n) is 2.80. The van der Waals surface area contributed by atoms with Crippen LogP contribution in [-0.4, -0.2) is 30.0 Å². The topological polar surface area (TPSA) is 42.1 Å². The van der Waals surface area contributed by atoms with Crippen LogP contribution in [0.5, 0.6) is 0 Å². The minimum Gasteiger partial charge on any atom is -0.319 e. The van der Waals surface area contributed by atoms with Crippen molar-refractivity contribution in [2.24, 2.45) is 5.73 Å². The van der Waals surface area contributed by atoms with Crippen LogP contribution in [0.15, 0.2) is 0 Å². The van der Waals surface area contributed by atoms with E-state index in [9.17, 15) is 0 Å². The fourth-order valence-corrected chi connectivity index (χ4v) is 4.10. The Bertz CT molecular complexity index is 381. The highest BCUT2D eigenvalue weighted by molar-refractivity contribution is 7.11. The van der Waals surface area contributed by atoms with Crippen LogP contribution in [0, 0.1) is 0 Å². The molecule has 3 rings (SSSR count). The van der Waals surface area contributed by atoms with Crippen LogP contribution in [0.25, 0.3) is 0 Å². The molecular formula is C13H21N3S. The summed E-state index contributed by atoms with van der Waals surface area (Å²) in [5, 5.41) is 1.21. The molecule has 0 spiro atoms. The monoisotopic (exact) mass is 251 g/mol. The van der Waals surface area contributed by atoms with Crippen molar-refractivity contribution >= 4 is 11.3 Å². The van der Waals surface area contributed by atoms with Crippen LogP contribution < -0.4 is 5.73 Å². The van der Waals surface area contributed by atoms with E-state index in [4.69, 9.17) is 10.7 Å². The molecule has 2 heterocycles. The van der Waals surface area contributed by atoms with Crippen molar-refractivity contribution in [1.29, 1.82) is 0 Å². The summed E-state index contributed by atoms with van der Waals surface area (Å²) in [5.74, 6) is 0. The van der Waals surface area contributed by atoms with E-state index in [1.54, 1.807) is 0 Å². The van der Waals surface area contributed by atoms with Gasteiger partial charge in [0.25, 0.3) is 0 Å². The van der Waals surface area contributed by atoms with Gasteiger partial charge in [-0.05, 0) is 58.7 Å². The van der Waals surface area contributed by atoms with E-state index in [0.717, 1.165) is 25.9 Å². The first-order valence-electron chi connectivity index (χ1n) is 6.64. The summed E-state index contributed by atoms with van der Waals surface area (Å²) in [5.41, 5.74) is 7.78. The van der Waals surface area contributed by atoms with Crippen molar-refractivity contribution in [3.05, 3.63) is 15.6 Å². The molecule has 1 fully saturated rings. The van der Waals surface area contributed by atoms with Gasteiger partial charge in [0.1, 0.15) is 5.01 Å². The lowest BCUT2D eigenvalue weighted by Crippen LogP contribution is -2.46. The predicted molar refractivity (Wildman–Crippen MR) is 71.4 cm³/mol. The summed E-state index contributed by atoms with van der Waals surface area (Å²) in [6, 6.07) is 0. The number of nitrogens with zero attached hydrogens (tertiary/aromatic N) is 2. The molecular weight excluding hydrogens is 230 g/mol. The smallest absolute Gasteiger partial charge is 0.113 e. The Morgan fingerprint density at radius 1 is 1.24 bits per heavy atom. The maximum Gasteiger partial charge on any atom is 0.113 e. The Kier molecular flexibility index (Phi) is 2.97. The molecule has 0 amide bonds. The zero-order chi connectivity index (χ0) is 11.9. The minimum absolute atomic E-state index is 0.144. The third-order valence-corrected chi connectivity index (χ3v) is 5.53. The fraction of sp³-hybridized carbons (Fsp3) is 0.769. The van der Waals surface area contributed by atoms with Crippen molar-refractivity contribution in [3.8, 4) is 0 Å². The van der Waals surface area contributed by atoms with Crippen LogP contribution in [0.1, 0.15) is 41.3 Å². The van der Waals surface area contributed by atoms with Crippen molar-refractivity contribution in [1.82, 2.24) is 9.88 Å². The first-order chi connectivity index (χ1) is 8.17. The average molecular weight is 251 g/mol. The Balaban J connectivity index is 1.85. The number of piperidine rings is 1. The van der Waals surface area contributed by atoms with E-state index < -0.39 is 0 Å². The summed E-state index contributed by atoms with van der Waals surface area (Å²) in [6.45, 7) is 2.20. The van der Waals surface area contributed by atoms with Gasteiger partial charge >= 0.3 is 0 Å². The molecule has 1 aliphatic carbocycles. The minimum atomic E-state index is -0.144. The largest absolute Gasteiger partial charge is 0.319 e. The molecule has 0 saturated carbocycles. The second-order valence-electron chi connectivity index (χ2n) is 5.56. The van der Waals surface area contributed by atoms with E-state index in [1.165, 1.54) is 41.3 Å². The number of nitrogens with two attached hydrogens (primary N) is 1. The molecule has 1 saturated heterocycles. The van der Waals surface area contributed by atoms with Gasteiger partial charge < -0.3 is 10.6 Å². The van der Waals surface area contributed by atoms with E-state index in [2.05, 4.69) is 11.9 Å². The van der Waals surface area contributed by atoms with Crippen LogP contribution in [0.4, 0.5) is 0 Å². The Morgan fingerprint density at radius 2 is 1.94 bits per heavy atom. The predicted octanol–water partition coefficient (Wildman–Crippen LogP) is 1.90. The molecule has 2 N–H and O–H groups in total. The lowest BCUT2D eigenvalue weighted by molar-refractivity contribution is 0.191.